The van der Waals surface area contributed by atoms with Gasteiger partial charge in [-0.3, -0.25) is 4.90 Å². The minimum atomic E-state index is 0.525. The summed E-state index contributed by atoms with van der Waals surface area (Å²) in [5.74, 6) is 0.969. The van der Waals surface area contributed by atoms with E-state index in [9.17, 15) is 0 Å². The highest BCUT2D eigenvalue weighted by molar-refractivity contribution is 8.01. The van der Waals surface area contributed by atoms with Crippen LogP contribution in [0.4, 0.5) is 5.13 Å². The summed E-state index contributed by atoms with van der Waals surface area (Å²) in [4.78, 5) is 2.26. The van der Waals surface area contributed by atoms with Gasteiger partial charge in [0.05, 0.1) is 0 Å². The minimum Gasteiger partial charge on any atom is -0.374 e. The lowest BCUT2D eigenvalue weighted by Crippen LogP contribution is -2.26. The molecule has 0 aliphatic heterocycles. The standard InChI is InChI=1S/C10H16N4S2/c1-3-5-14(6-4-2)7-8-15-10-13-12-9(11)16-10/h3-4H,1-2,5-8H2,(H2,11,12). The normalized spacial score (nSPS) is 10.6. The highest BCUT2D eigenvalue weighted by Crippen LogP contribution is 2.23. The third kappa shape index (κ3) is 4.78. The van der Waals surface area contributed by atoms with E-state index in [0.717, 1.165) is 29.7 Å². The summed E-state index contributed by atoms with van der Waals surface area (Å²) in [6.07, 6.45) is 3.80. The highest BCUT2D eigenvalue weighted by atomic mass is 32.2. The number of hydrogen-bond acceptors (Lipinski definition) is 6. The topological polar surface area (TPSA) is 55.0 Å². The number of anilines is 1. The molecule has 1 aromatic heterocycles. The van der Waals surface area contributed by atoms with Crippen molar-refractivity contribution in [3.63, 3.8) is 0 Å². The molecule has 0 aromatic carbocycles. The Bertz CT molecular complexity index is 327. The first-order chi connectivity index (χ1) is 7.76. The van der Waals surface area contributed by atoms with Crippen LogP contribution in [-0.2, 0) is 0 Å². The fourth-order valence-electron chi connectivity index (χ4n) is 1.16. The average Bonchev–Trinajstić information content (AvgIpc) is 2.65. The van der Waals surface area contributed by atoms with Gasteiger partial charge in [-0.05, 0) is 0 Å². The van der Waals surface area contributed by atoms with E-state index < -0.39 is 0 Å². The molecular weight excluding hydrogens is 240 g/mol. The van der Waals surface area contributed by atoms with Crippen molar-refractivity contribution in [2.45, 2.75) is 4.34 Å². The van der Waals surface area contributed by atoms with E-state index in [-0.39, 0.29) is 0 Å². The molecule has 0 amide bonds. The van der Waals surface area contributed by atoms with Gasteiger partial charge in [0, 0.05) is 25.4 Å². The van der Waals surface area contributed by atoms with Gasteiger partial charge in [-0.1, -0.05) is 35.3 Å². The summed E-state index contributed by atoms with van der Waals surface area (Å²) < 4.78 is 0.926. The third-order valence-corrected chi connectivity index (χ3v) is 3.70. The number of rotatable bonds is 8. The number of thioether (sulfide) groups is 1. The van der Waals surface area contributed by atoms with E-state index in [1.807, 2.05) is 12.2 Å². The zero-order chi connectivity index (χ0) is 11.8. The maximum absolute atomic E-state index is 5.50. The van der Waals surface area contributed by atoms with Gasteiger partial charge in [-0.2, -0.15) is 0 Å². The Morgan fingerprint density at radius 2 is 2.00 bits per heavy atom. The van der Waals surface area contributed by atoms with E-state index in [1.165, 1.54) is 11.3 Å². The molecule has 0 aliphatic rings. The van der Waals surface area contributed by atoms with Crippen molar-refractivity contribution in [1.82, 2.24) is 15.1 Å². The first-order valence-corrected chi connectivity index (χ1v) is 6.72. The van der Waals surface area contributed by atoms with Gasteiger partial charge >= 0.3 is 0 Å². The van der Waals surface area contributed by atoms with Crippen molar-refractivity contribution in [2.75, 3.05) is 31.1 Å². The van der Waals surface area contributed by atoms with Gasteiger partial charge in [0.1, 0.15) is 0 Å². The summed E-state index contributed by atoms with van der Waals surface area (Å²) in [6.45, 7) is 10.2. The molecule has 1 aromatic rings. The van der Waals surface area contributed by atoms with Gasteiger partial charge in [0.2, 0.25) is 5.13 Å². The molecule has 0 bridgehead atoms. The minimum absolute atomic E-state index is 0.525. The molecule has 0 unspecified atom stereocenters. The van der Waals surface area contributed by atoms with Crippen molar-refractivity contribution in [1.29, 1.82) is 0 Å². The van der Waals surface area contributed by atoms with Crippen LogP contribution in [0.15, 0.2) is 29.6 Å². The second-order valence-electron chi connectivity index (χ2n) is 3.09. The quantitative estimate of drug-likeness (QED) is 0.568. The van der Waals surface area contributed by atoms with Gasteiger partial charge in [0.15, 0.2) is 4.34 Å². The Morgan fingerprint density at radius 3 is 2.50 bits per heavy atom. The number of nitrogens with zero attached hydrogens (tertiary/aromatic N) is 3. The summed E-state index contributed by atoms with van der Waals surface area (Å²) in [5, 5.41) is 8.24. The lowest BCUT2D eigenvalue weighted by molar-refractivity contribution is 0.358. The SMILES string of the molecule is C=CCN(CC=C)CCSc1nnc(N)s1. The molecule has 16 heavy (non-hydrogen) atoms. The first-order valence-electron chi connectivity index (χ1n) is 4.92. The van der Waals surface area contributed by atoms with Crippen molar-refractivity contribution >= 4 is 28.2 Å². The molecule has 1 rings (SSSR count). The molecule has 6 heteroatoms. The molecule has 0 saturated heterocycles. The van der Waals surface area contributed by atoms with E-state index >= 15 is 0 Å². The maximum Gasteiger partial charge on any atom is 0.203 e. The number of nitrogens with two attached hydrogens (primary N) is 1. The van der Waals surface area contributed by atoms with E-state index in [0.29, 0.717) is 5.13 Å². The molecule has 88 valence electrons. The molecule has 0 spiro atoms. The lowest BCUT2D eigenvalue weighted by atomic mass is 10.4. The Balaban J connectivity index is 2.26. The van der Waals surface area contributed by atoms with Crippen LogP contribution in [0.5, 0.6) is 0 Å². The van der Waals surface area contributed by atoms with Gasteiger partial charge in [0.25, 0.3) is 0 Å². The summed E-state index contributed by atoms with van der Waals surface area (Å²) in [6, 6.07) is 0. The zero-order valence-corrected chi connectivity index (χ0v) is 10.8. The fraction of sp³-hybridized carbons (Fsp3) is 0.400. The number of hydrogen-bond donors (Lipinski definition) is 1. The van der Waals surface area contributed by atoms with Gasteiger partial charge in [-0.15, -0.1) is 23.4 Å². The molecule has 0 saturated carbocycles. The molecule has 0 atom stereocenters. The largest absolute Gasteiger partial charge is 0.374 e. The second-order valence-corrected chi connectivity index (χ2v) is 5.44. The van der Waals surface area contributed by atoms with Crippen LogP contribution in [0.2, 0.25) is 0 Å². The molecule has 1 heterocycles. The van der Waals surface area contributed by atoms with E-state index in [2.05, 4.69) is 28.3 Å². The highest BCUT2D eigenvalue weighted by Gasteiger charge is 2.04. The van der Waals surface area contributed by atoms with Gasteiger partial charge < -0.3 is 5.73 Å². The number of nitrogen functional groups attached to an aromatic ring is 1. The van der Waals surface area contributed by atoms with Crippen molar-refractivity contribution < 1.29 is 0 Å². The van der Waals surface area contributed by atoms with E-state index in [1.54, 1.807) is 11.8 Å². The molecule has 0 fully saturated rings. The average molecular weight is 256 g/mol. The Morgan fingerprint density at radius 1 is 1.31 bits per heavy atom. The molecule has 4 nitrogen and oxygen atoms in total. The van der Waals surface area contributed by atoms with Crippen molar-refractivity contribution in [3.8, 4) is 0 Å². The van der Waals surface area contributed by atoms with Crippen LogP contribution in [0.1, 0.15) is 0 Å². The maximum atomic E-state index is 5.50. The third-order valence-electron chi connectivity index (χ3n) is 1.83. The summed E-state index contributed by atoms with van der Waals surface area (Å²) in [5.41, 5.74) is 5.50. The second kappa shape index (κ2) is 7.43. The molecular formula is C10H16N4S2. The fourth-order valence-corrected chi connectivity index (χ4v) is 2.87. The van der Waals surface area contributed by atoms with Crippen LogP contribution in [0.3, 0.4) is 0 Å². The van der Waals surface area contributed by atoms with Crippen molar-refractivity contribution in [3.05, 3.63) is 25.3 Å². The zero-order valence-electron chi connectivity index (χ0n) is 9.13. The number of aromatic nitrogens is 2. The van der Waals surface area contributed by atoms with Crippen LogP contribution in [0.25, 0.3) is 0 Å². The van der Waals surface area contributed by atoms with Crippen LogP contribution < -0.4 is 5.73 Å². The van der Waals surface area contributed by atoms with Crippen LogP contribution in [0, 0.1) is 0 Å². The Hall–Kier alpha value is -0.850. The molecule has 2 N–H and O–H groups in total. The molecule has 0 radical (unpaired) electrons. The lowest BCUT2D eigenvalue weighted by Gasteiger charge is -2.17. The summed E-state index contributed by atoms with van der Waals surface area (Å²) >= 11 is 3.10. The Kier molecular flexibility index (Phi) is 6.14. The van der Waals surface area contributed by atoms with E-state index in [4.69, 9.17) is 5.73 Å². The molecule has 0 aliphatic carbocycles. The Labute approximate surface area is 104 Å². The first kappa shape index (κ1) is 13.2. The predicted octanol–water partition coefficient (Wildman–Crippen LogP) is 1.89. The van der Waals surface area contributed by atoms with Crippen LogP contribution in [-0.4, -0.2) is 40.5 Å². The smallest absolute Gasteiger partial charge is 0.203 e. The predicted molar refractivity (Wildman–Crippen MR) is 71.9 cm³/mol. The summed E-state index contributed by atoms with van der Waals surface area (Å²) in [7, 11) is 0. The van der Waals surface area contributed by atoms with Gasteiger partial charge in [-0.25, -0.2) is 0 Å². The van der Waals surface area contributed by atoms with Crippen LogP contribution >= 0.6 is 23.1 Å². The monoisotopic (exact) mass is 256 g/mol. The van der Waals surface area contributed by atoms with Crippen molar-refractivity contribution in [2.24, 2.45) is 0 Å².